The first kappa shape index (κ1) is 16.9. The van der Waals surface area contributed by atoms with E-state index in [1.165, 1.54) is 22.7 Å². The Morgan fingerprint density at radius 1 is 1.15 bits per heavy atom. The Morgan fingerprint density at radius 3 is 2.77 bits per heavy atom. The first-order valence-electron chi connectivity index (χ1n) is 8.35. The molecular weight excluding hydrogens is 355 g/mol. The number of hydrogen-bond acceptors (Lipinski definition) is 4. The van der Waals surface area contributed by atoms with Crippen molar-refractivity contribution in [3.05, 3.63) is 59.9 Å². The SMILES string of the molecule is O=C1NC2(CCOc3ccccc32)C(=O)N1CCSc1ccccc1F. The Kier molecular flexibility index (Phi) is 4.32. The van der Waals surface area contributed by atoms with Crippen LogP contribution >= 0.6 is 11.8 Å². The van der Waals surface area contributed by atoms with Crippen molar-refractivity contribution in [2.75, 3.05) is 18.9 Å². The molecule has 134 valence electrons. The molecule has 1 saturated heterocycles. The fourth-order valence-electron chi connectivity index (χ4n) is 3.38. The molecule has 1 N–H and O–H groups in total. The quantitative estimate of drug-likeness (QED) is 0.662. The molecule has 1 spiro atoms. The zero-order valence-electron chi connectivity index (χ0n) is 13.9. The first-order chi connectivity index (χ1) is 12.6. The van der Waals surface area contributed by atoms with E-state index in [-0.39, 0.29) is 18.3 Å². The number of rotatable bonds is 4. The summed E-state index contributed by atoms with van der Waals surface area (Å²) in [4.78, 5) is 27.2. The van der Waals surface area contributed by atoms with Gasteiger partial charge in [-0.15, -0.1) is 11.8 Å². The molecule has 4 rings (SSSR count). The summed E-state index contributed by atoms with van der Waals surface area (Å²) in [5.41, 5.74) is -0.372. The lowest BCUT2D eigenvalue weighted by molar-refractivity contribution is -0.132. The molecule has 1 fully saturated rings. The van der Waals surface area contributed by atoms with Crippen LogP contribution in [0.15, 0.2) is 53.4 Å². The van der Waals surface area contributed by atoms with Crippen LogP contribution in [0.3, 0.4) is 0 Å². The van der Waals surface area contributed by atoms with E-state index >= 15 is 0 Å². The van der Waals surface area contributed by atoms with Gasteiger partial charge in [0.15, 0.2) is 5.54 Å². The van der Waals surface area contributed by atoms with E-state index in [2.05, 4.69) is 5.32 Å². The number of hydrogen-bond donors (Lipinski definition) is 1. The summed E-state index contributed by atoms with van der Waals surface area (Å²) in [7, 11) is 0. The highest BCUT2D eigenvalue weighted by Gasteiger charge is 2.54. The van der Waals surface area contributed by atoms with Crippen LogP contribution in [0.4, 0.5) is 9.18 Å². The number of benzene rings is 2. The zero-order valence-corrected chi connectivity index (χ0v) is 14.7. The molecule has 26 heavy (non-hydrogen) atoms. The number of para-hydroxylation sites is 1. The number of imide groups is 1. The maximum absolute atomic E-state index is 13.7. The predicted molar refractivity (Wildman–Crippen MR) is 95.6 cm³/mol. The molecule has 2 aromatic carbocycles. The second-order valence-electron chi connectivity index (χ2n) is 6.17. The van der Waals surface area contributed by atoms with Crippen LogP contribution in [-0.4, -0.2) is 35.7 Å². The van der Waals surface area contributed by atoms with Gasteiger partial charge in [0.05, 0.1) is 6.61 Å². The summed E-state index contributed by atoms with van der Waals surface area (Å²) in [5, 5.41) is 2.86. The number of thioether (sulfide) groups is 1. The van der Waals surface area contributed by atoms with Gasteiger partial charge in [0.2, 0.25) is 0 Å². The third-order valence-corrected chi connectivity index (χ3v) is 5.70. The molecule has 1 atom stereocenters. The number of amides is 3. The summed E-state index contributed by atoms with van der Waals surface area (Å²) < 4.78 is 19.3. The average molecular weight is 372 g/mol. The lowest BCUT2D eigenvalue weighted by atomic mass is 9.84. The molecule has 2 heterocycles. The number of urea groups is 1. The van der Waals surface area contributed by atoms with Gasteiger partial charge in [-0.3, -0.25) is 9.69 Å². The summed E-state index contributed by atoms with van der Waals surface area (Å²) >= 11 is 1.29. The second-order valence-corrected chi connectivity index (χ2v) is 7.30. The topological polar surface area (TPSA) is 58.6 Å². The number of ether oxygens (including phenoxy) is 1. The molecular formula is C19H17FN2O3S. The molecule has 0 aromatic heterocycles. The zero-order chi connectivity index (χ0) is 18.1. The van der Waals surface area contributed by atoms with Crippen molar-refractivity contribution in [1.29, 1.82) is 0 Å². The van der Waals surface area contributed by atoms with Crippen LogP contribution in [0.25, 0.3) is 0 Å². The minimum Gasteiger partial charge on any atom is -0.493 e. The average Bonchev–Trinajstić information content (AvgIpc) is 2.88. The number of carbonyl (C=O) groups excluding carboxylic acids is 2. The van der Waals surface area contributed by atoms with Crippen LogP contribution < -0.4 is 10.1 Å². The van der Waals surface area contributed by atoms with E-state index in [0.29, 0.717) is 35.0 Å². The maximum atomic E-state index is 13.7. The van der Waals surface area contributed by atoms with Gasteiger partial charge in [-0.05, 0) is 18.2 Å². The minimum atomic E-state index is -1.06. The lowest BCUT2D eigenvalue weighted by Gasteiger charge is -2.33. The Morgan fingerprint density at radius 2 is 1.92 bits per heavy atom. The number of halogens is 1. The van der Waals surface area contributed by atoms with E-state index in [0.717, 1.165) is 0 Å². The molecule has 2 aromatic rings. The second kappa shape index (κ2) is 6.64. The van der Waals surface area contributed by atoms with Gasteiger partial charge in [-0.1, -0.05) is 30.3 Å². The van der Waals surface area contributed by atoms with Crippen LogP contribution in [0.2, 0.25) is 0 Å². The molecule has 3 amide bonds. The highest BCUT2D eigenvalue weighted by Crippen LogP contribution is 2.41. The molecule has 0 bridgehead atoms. The standard InChI is InChI=1S/C19H17FN2O3S/c20-14-6-2-4-8-16(14)26-12-10-22-17(23)19(21-18(22)24)9-11-25-15-7-3-1-5-13(15)19/h1-8H,9-12H2,(H,21,24). The largest absolute Gasteiger partial charge is 0.493 e. The molecule has 5 nitrogen and oxygen atoms in total. The smallest absolute Gasteiger partial charge is 0.325 e. The van der Waals surface area contributed by atoms with E-state index in [1.54, 1.807) is 24.3 Å². The van der Waals surface area contributed by atoms with E-state index < -0.39 is 11.6 Å². The predicted octanol–water partition coefficient (Wildman–Crippen LogP) is 3.15. The van der Waals surface area contributed by atoms with Crippen LogP contribution in [-0.2, 0) is 10.3 Å². The Hall–Kier alpha value is -2.54. The first-order valence-corrected chi connectivity index (χ1v) is 9.34. The number of fused-ring (bicyclic) bond motifs is 2. The van der Waals surface area contributed by atoms with Crippen molar-refractivity contribution in [1.82, 2.24) is 10.2 Å². The summed E-state index contributed by atoms with van der Waals surface area (Å²) in [6, 6.07) is 13.3. The normalized spacial score (nSPS) is 21.5. The molecule has 7 heteroatoms. The third kappa shape index (κ3) is 2.72. The Bertz CT molecular complexity index is 875. The van der Waals surface area contributed by atoms with Gasteiger partial charge in [-0.2, -0.15) is 0 Å². The van der Waals surface area contributed by atoms with Gasteiger partial charge in [0.1, 0.15) is 11.6 Å². The maximum Gasteiger partial charge on any atom is 0.325 e. The lowest BCUT2D eigenvalue weighted by Crippen LogP contribution is -2.47. The molecule has 0 saturated carbocycles. The van der Waals surface area contributed by atoms with Crippen molar-refractivity contribution in [2.45, 2.75) is 16.9 Å². The summed E-state index contributed by atoms with van der Waals surface area (Å²) in [6.07, 6.45) is 0.394. The van der Waals surface area contributed by atoms with Crippen molar-refractivity contribution in [3.63, 3.8) is 0 Å². The van der Waals surface area contributed by atoms with E-state index in [1.807, 2.05) is 18.2 Å². The number of carbonyl (C=O) groups is 2. The van der Waals surface area contributed by atoms with Crippen molar-refractivity contribution in [2.24, 2.45) is 0 Å². The highest BCUT2D eigenvalue weighted by atomic mass is 32.2. The van der Waals surface area contributed by atoms with Gasteiger partial charge in [-0.25, -0.2) is 9.18 Å². The van der Waals surface area contributed by atoms with Gasteiger partial charge in [0.25, 0.3) is 5.91 Å². The Balaban J connectivity index is 1.51. The molecule has 0 aliphatic carbocycles. The van der Waals surface area contributed by atoms with E-state index in [9.17, 15) is 14.0 Å². The molecule has 1 unspecified atom stereocenters. The summed E-state index contributed by atoms with van der Waals surface area (Å²) in [5.74, 6) is 0.473. The number of nitrogens with zero attached hydrogens (tertiary/aromatic N) is 1. The van der Waals surface area contributed by atoms with Crippen LogP contribution in [0.5, 0.6) is 5.75 Å². The third-order valence-electron chi connectivity index (χ3n) is 4.67. The highest BCUT2D eigenvalue weighted by molar-refractivity contribution is 7.99. The molecule has 2 aliphatic rings. The van der Waals surface area contributed by atoms with Crippen molar-refractivity contribution >= 4 is 23.7 Å². The Labute approximate surface area is 154 Å². The minimum absolute atomic E-state index is 0.217. The van der Waals surface area contributed by atoms with Crippen molar-refractivity contribution in [3.8, 4) is 5.75 Å². The fourth-order valence-corrected chi connectivity index (χ4v) is 4.26. The number of nitrogens with one attached hydrogen (secondary N) is 1. The van der Waals surface area contributed by atoms with Crippen LogP contribution in [0.1, 0.15) is 12.0 Å². The van der Waals surface area contributed by atoms with Gasteiger partial charge < -0.3 is 10.1 Å². The molecule has 2 aliphatic heterocycles. The monoisotopic (exact) mass is 372 g/mol. The molecule has 0 radical (unpaired) electrons. The fraction of sp³-hybridized carbons (Fsp3) is 0.263. The van der Waals surface area contributed by atoms with Crippen molar-refractivity contribution < 1.29 is 18.7 Å². The van der Waals surface area contributed by atoms with E-state index in [4.69, 9.17) is 4.74 Å². The van der Waals surface area contributed by atoms with Crippen LogP contribution in [0, 0.1) is 5.82 Å². The summed E-state index contributed by atoms with van der Waals surface area (Å²) in [6.45, 7) is 0.579. The van der Waals surface area contributed by atoms with Gasteiger partial charge in [0, 0.05) is 29.2 Å². The van der Waals surface area contributed by atoms with Gasteiger partial charge >= 0.3 is 6.03 Å².